The predicted molar refractivity (Wildman–Crippen MR) is 74.4 cm³/mol. The first-order valence-corrected chi connectivity index (χ1v) is 6.63. The fourth-order valence-corrected chi connectivity index (χ4v) is 1.57. The van der Waals surface area contributed by atoms with Crippen LogP contribution in [0, 0.1) is 0 Å². The zero-order valence-electron chi connectivity index (χ0n) is 11.9. The van der Waals surface area contributed by atoms with Crippen molar-refractivity contribution in [2.75, 3.05) is 40.6 Å². The first-order chi connectivity index (χ1) is 9.36. The smallest absolute Gasteiger partial charge is 0.212 e. The number of ether oxygens (including phenoxy) is 3. The van der Waals surface area contributed by atoms with Gasteiger partial charge in [-0.15, -0.1) is 0 Å². The standard InChI is InChI=1S/C14H24N2O3/c1-17-9-10-19-8-4-3-7-15-11-13-5-6-14(18-2)16-12-13/h5-6,12,15H,3-4,7-11H2,1-2H3. The van der Waals surface area contributed by atoms with Crippen LogP contribution in [0.2, 0.25) is 0 Å². The van der Waals surface area contributed by atoms with Gasteiger partial charge < -0.3 is 19.5 Å². The first-order valence-electron chi connectivity index (χ1n) is 6.63. The van der Waals surface area contributed by atoms with E-state index in [1.54, 1.807) is 14.2 Å². The molecule has 0 atom stereocenters. The summed E-state index contributed by atoms with van der Waals surface area (Å²) in [5, 5.41) is 3.38. The summed E-state index contributed by atoms with van der Waals surface area (Å²) in [6.07, 6.45) is 4.01. The van der Waals surface area contributed by atoms with E-state index in [9.17, 15) is 0 Å². The summed E-state index contributed by atoms with van der Waals surface area (Å²) in [6.45, 7) is 3.97. The fourth-order valence-electron chi connectivity index (χ4n) is 1.57. The number of nitrogens with zero attached hydrogens (tertiary/aromatic N) is 1. The number of aromatic nitrogens is 1. The fraction of sp³-hybridized carbons (Fsp3) is 0.643. The van der Waals surface area contributed by atoms with Gasteiger partial charge in [0, 0.05) is 32.5 Å². The Morgan fingerprint density at radius 3 is 2.68 bits per heavy atom. The predicted octanol–water partition coefficient (Wildman–Crippen LogP) is 1.62. The van der Waals surface area contributed by atoms with Gasteiger partial charge in [0.2, 0.25) is 5.88 Å². The number of hydrogen-bond donors (Lipinski definition) is 1. The van der Waals surface area contributed by atoms with E-state index in [2.05, 4.69) is 10.3 Å². The molecular formula is C14H24N2O3. The summed E-state index contributed by atoms with van der Waals surface area (Å²) in [5.74, 6) is 0.650. The highest BCUT2D eigenvalue weighted by Gasteiger charge is 1.95. The minimum atomic E-state index is 0.650. The number of pyridine rings is 1. The van der Waals surface area contributed by atoms with Gasteiger partial charge in [-0.25, -0.2) is 4.98 Å². The van der Waals surface area contributed by atoms with Gasteiger partial charge in [0.1, 0.15) is 0 Å². The van der Waals surface area contributed by atoms with E-state index < -0.39 is 0 Å². The number of rotatable bonds is 11. The van der Waals surface area contributed by atoms with Gasteiger partial charge in [-0.1, -0.05) is 6.07 Å². The lowest BCUT2D eigenvalue weighted by Gasteiger charge is -2.06. The molecule has 0 aliphatic rings. The van der Waals surface area contributed by atoms with Gasteiger partial charge in [-0.3, -0.25) is 0 Å². The number of methoxy groups -OCH3 is 2. The van der Waals surface area contributed by atoms with Crippen LogP contribution >= 0.6 is 0 Å². The summed E-state index contributed by atoms with van der Waals surface area (Å²) >= 11 is 0. The van der Waals surface area contributed by atoms with E-state index in [0.29, 0.717) is 19.1 Å². The summed E-state index contributed by atoms with van der Waals surface area (Å²) in [5.41, 5.74) is 1.16. The highest BCUT2D eigenvalue weighted by molar-refractivity contribution is 5.17. The van der Waals surface area contributed by atoms with Crippen molar-refractivity contribution in [1.82, 2.24) is 10.3 Å². The molecule has 0 radical (unpaired) electrons. The third-order valence-corrected chi connectivity index (χ3v) is 2.66. The molecule has 0 spiro atoms. The Morgan fingerprint density at radius 1 is 1.11 bits per heavy atom. The molecule has 0 saturated heterocycles. The molecule has 19 heavy (non-hydrogen) atoms. The van der Waals surface area contributed by atoms with Crippen LogP contribution in [0.5, 0.6) is 5.88 Å². The Kier molecular flexibility index (Phi) is 8.97. The van der Waals surface area contributed by atoms with Crippen molar-refractivity contribution in [2.24, 2.45) is 0 Å². The topological polar surface area (TPSA) is 52.6 Å². The zero-order chi connectivity index (χ0) is 13.8. The first kappa shape index (κ1) is 15.9. The van der Waals surface area contributed by atoms with E-state index in [1.165, 1.54) is 0 Å². The molecule has 0 aliphatic carbocycles. The molecule has 5 heteroatoms. The maximum Gasteiger partial charge on any atom is 0.212 e. The van der Waals surface area contributed by atoms with Crippen molar-refractivity contribution in [2.45, 2.75) is 19.4 Å². The Balaban J connectivity index is 1.95. The normalized spacial score (nSPS) is 10.6. The second-order valence-electron chi connectivity index (χ2n) is 4.20. The Hall–Kier alpha value is -1.17. The van der Waals surface area contributed by atoms with Crippen molar-refractivity contribution in [3.8, 4) is 5.88 Å². The van der Waals surface area contributed by atoms with Gasteiger partial charge in [-0.05, 0) is 24.9 Å². The number of hydrogen-bond acceptors (Lipinski definition) is 5. The van der Waals surface area contributed by atoms with Crippen LogP contribution in [-0.2, 0) is 16.0 Å². The third-order valence-electron chi connectivity index (χ3n) is 2.66. The summed E-state index contributed by atoms with van der Waals surface area (Å²) in [6, 6.07) is 3.90. The van der Waals surface area contributed by atoms with Crippen molar-refractivity contribution in [1.29, 1.82) is 0 Å². The quantitative estimate of drug-likeness (QED) is 0.618. The second kappa shape index (κ2) is 10.7. The molecule has 0 amide bonds. The van der Waals surface area contributed by atoms with E-state index in [4.69, 9.17) is 14.2 Å². The van der Waals surface area contributed by atoms with Crippen molar-refractivity contribution in [3.63, 3.8) is 0 Å². The number of nitrogens with one attached hydrogen (secondary N) is 1. The maximum absolute atomic E-state index is 5.39. The van der Waals surface area contributed by atoms with E-state index in [1.807, 2.05) is 18.3 Å². The van der Waals surface area contributed by atoms with Crippen LogP contribution in [0.1, 0.15) is 18.4 Å². The summed E-state index contributed by atoms with van der Waals surface area (Å²) in [4.78, 5) is 4.16. The van der Waals surface area contributed by atoms with Gasteiger partial charge in [0.25, 0.3) is 0 Å². The molecule has 0 aromatic carbocycles. The molecule has 1 aromatic rings. The monoisotopic (exact) mass is 268 g/mol. The lowest BCUT2D eigenvalue weighted by atomic mass is 10.2. The molecule has 5 nitrogen and oxygen atoms in total. The van der Waals surface area contributed by atoms with Gasteiger partial charge >= 0.3 is 0 Å². The Morgan fingerprint density at radius 2 is 2.00 bits per heavy atom. The van der Waals surface area contributed by atoms with Gasteiger partial charge in [0.05, 0.1) is 20.3 Å². The molecule has 0 aliphatic heterocycles. The molecule has 108 valence electrons. The molecule has 1 aromatic heterocycles. The van der Waals surface area contributed by atoms with E-state index in [0.717, 1.165) is 38.1 Å². The van der Waals surface area contributed by atoms with Crippen LogP contribution < -0.4 is 10.1 Å². The van der Waals surface area contributed by atoms with Crippen LogP contribution in [-0.4, -0.2) is 45.6 Å². The molecule has 0 bridgehead atoms. The molecule has 0 saturated carbocycles. The van der Waals surface area contributed by atoms with Crippen LogP contribution in [0.15, 0.2) is 18.3 Å². The van der Waals surface area contributed by atoms with Crippen LogP contribution in [0.3, 0.4) is 0 Å². The minimum Gasteiger partial charge on any atom is -0.481 e. The Bertz CT molecular complexity index is 317. The third kappa shape index (κ3) is 7.77. The average Bonchev–Trinajstić information content (AvgIpc) is 2.46. The molecule has 0 fully saturated rings. The molecule has 1 heterocycles. The highest BCUT2D eigenvalue weighted by Crippen LogP contribution is 2.06. The largest absolute Gasteiger partial charge is 0.481 e. The van der Waals surface area contributed by atoms with E-state index in [-0.39, 0.29) is 0 Å². The molecule has 1 rings (SSSR count). The maximum atomic E-state index is 5.39. The minimum absolute atomic E-state index is 0.650. The number of unbranched alkanes of at least 4 members (excludes halogenated alkanes) is 1. The lowest BCUT2D eigenvalue weighted by Crippen LogP contribution is -2.15. The van der Waals surface area contributed by atoms with Crippen LogP contribution in [0.4, 0.5) is 0 Å². The Labute approximate surface area is 115 Å². The van der Waals surface area contributed by atoms with E-state index >= 15 is 0 Å². The van der Waals surface area contributed by atoms with Crippen molar-refractivity contribution < 1.29 is 14.2 Å². The molecular weight excluding hydrogens is 244 g/mol. The second-order valence-corrected chi connectivity index (χ2v) is 4.20. The van der Waals surface area contributed by atoms with Crippen molar-refractivity contribution in [3.05, 3.63) is 23.9 Å². The lowest BCUT2D eigenvalue weighted by molar-refractivity contribution is 0.0688. The van der Waals surface area contributed by atoms with Gasteiger partial charge in [0.15, 0.2) is 0 Å². The SMILES string of the molecule is COCCOCCCCNCc1ccc(OC)nc1. The molecule has 1 N–H and O–H groups in total. The summed E-state index contributed by atoms with van der Waals surface area (Å²) < 4.78 is 15.3. The summed E-state index contributed by atoms with van der Waals surface area (Å²) in [7, 11) is 3.30. The van der Waals surface area contributed by atoms with Crippen LogP contribution in [0.25, 0.3) is 0 Å². The molecule has 0 unspecified atom stereocenters. The van der Waals surface area contributed by atoms with Gasteiger partial charge in [-0.2, -0.15) is 0 Å². The zero-order valence-corrected chi connectivity index (χ0v) is 11.9. The van der Waals surface area contributed by atoms with Crippen molar-refractivity contribution >= 4 is 0 Å². The average molecular weight is 268 g/mol. The highest BCUT2D eigenvalue weighted by atomic mass is 16.5.